The van der Waals surface area contributed by atoms with Gasteiger partial charge in [0.25, 0.3) is 5.91 Å². The maximum absolute atomic E-state index is 11.8. The third-order valence-corrected chi connectivity index (χ3v) is 3.12. The number of carbonyl (C=O) groups excluding carboxylic acids is 1. The average molecular weight is 228 g/mol. The van der Waals surface area contributed by atoms with Crippen LogP contribution in [0.2, 0.25) is 0 Å². The van der Waals surface area contributed by atoms with Crippen LogP contribution < -0.4 is 0 Å². The van der Waals surface area contributed by atoms with Crippen LogP contribution in [0.5, 0.6) is 0 Å². The summed E-state index contributed by atoms with van der Waals surface area (Å²) in [5.74, 6) is 0.343. The molecule has 1 rings (SSSR count). The summed E-state index contributed by atoms with van der Waals surface area (Å²) in [4.78, 5) is 15.7. The van der Waals surface area contributed by atoms with E-state index in [4.69, 9.17) is 0 Å². The predicted molar refractivity (Wildman–Crippen MR) is 64.2 cm³/mol. The van der Waals surface area contributed by atoms with Gasteiger partial charge in [-0.05, 0) is 46.2 Å². The SMILES string of the molecule is CN1CCCC(CN(C)C(=O)C(C)(C)O)C1. The van der Waals surface area contributed by atoms with Crippen molar-refractivity contribution >= 4 is 5.91 Å². The monoisotopic (exact) mass is 228 g/mol. The first-order valence-electron chi connectivity index (χ1n) is 5.97. The van der Waals surface area contributed by atoms with Gasteiger partial charge in [-0.25, -0.2) is 0 Å². The van der Waals surface area contributed by atoms with Crippen molar-refractivity contribution in [2.24, 2.45) is 5.92 Å². The Hall–Kier alpha value is -0.610. The van der Waals surface area contributed by atoms with Gasteiger partial charge < -0.3 is 14.9 Å². The Morgan fingerprint density at radius 1 is 1.56 bits per heavy atom. The van der Waals surface area contributed by atoms with Gasteiger partial charge in [0.15, 0.2) is 0 Å². The fourth-order valence-electron chi connectivity index (χ4n) is 2.36. The molecule has 1 unspecified atom stereocenters. The summed E-state index contributed by atoms with van der Waals surface area (Å²) in [6.07, 6.45) is 2.37. The summed E-state index contributed by atoms with van der Waals surface area (Å²) in [5, 5.41) is 9.64. The lowest BCUT2D eigenvalue weighted by Crippen LogP contribution is -2.47. The van der Waals surface area contributed by atoms with E-state index in [1.165, 1.54) is 12.8 Å². The largest absolute Gasteiger partial charge is 0.381 e. The van der Waals surface area contributed by atoms with E-state index < -0.39 is 5.60 Å². The van der Waals surface area contributed by atoms with Gasteiger partial charge in [-0.15, -0.1) is 0 Å². The van der Waals surface area contributed by atoms with E-state index in [1.807, 2.05) is 0 Å². The zero-order valence-corrected chi connectivity index (χ0v) is 10.9. The number of likely N-dealkylation sites (tertiary alicyclic amines) is 1. The van der Waals surface area contributed by atoms with E-state index >= 15 is 0 Å². The van der Waals surface area contributed by atoms with Crippen molar-refractivity contribution in [1.29, 1.82) is 0 Å². The van der Waals surface area contributed by atoms with Crippen molar-refractivity contribution in [2.75, 3.05) is 33.7 Å². The Labute approximate surface area is 98.2 Å². The first-order chi connectivity index (χ1) is 7.30. The summed E-state index contributed by atoms with van der Waals surface area (Å²) in [7, 11) is 3.89. The molecule has 4 heteroatoms. The van der Waals surface area contributed by atoms with Crippen LogP contribution in [0.4, 0.5) is 0 Å². The van der Waals surface area contributed by atoms with Crippen molar-refractivity contribution in [2.45, 2.75) is 32.3 Å². The standard InChI is InChI=1S/C12H24N2O2/c1-12(2,16)11(15)14(4)9-10-6-5-7-13(3)8-10/h10,16H,5-9H2,1-4H3. The number of likely N-dealkylation sites (N-methyl/N-ethyl adjacent to an activating group) is 1. The second-order valence-corrected chi connectivity index (χ2v) is 5.52. The number of hydrogen-bond acceptors (Lipinski definition) is 3. The van der Waals surface area contributed by atoms with Crippen LogP contribution in [-0.2, 0) is 4.79 Å². The van der Waals surface area contributed by atoms with Gasteiger partial charge in [-0.1, -0.05) is 0 Å². The van der Waals surface area contributed by atoms with Gasteiger partial charge >= 0.3 is 0 Å². The summed E-state index contributed by atoms with van der Waals surface area (Å²) in [6.45, 7) is 6.02. The molecule has 0 aromatic heterocycles. The third-order valence-electron chi connectivity index (χ3n) is 3.12. The predicted octanol–water partition coefficient (Wildman–Crippen LogP) is 0.557. The minimum Gasteiger partial charge on any atom is -0.381 e. The molecule has 1 aliphatic heterocycles. The lowest BCUT2D eigenvalue weighted by molar-refractivity contribution is -0.147. The van der Waals surface area contributed by atoms with E-state index in [-0.39, 0.29) is 5.91 Å². The number of carbonyl (C=O) groups is 1. The van der Waals surface area contributed by atoms with Gasteiger partial charge in [0.2, 0.25) is 0 Å². The van der Waals surface area contributed by atoms with Crippen LogP contribution in [0, 0.1) is 5.92 Å². The molecule has 1 aliphatic rings. The van der Waals surface area contributed by atoms with E-state index in [1.54, 1.807) is 25.8 Å². The summed E-state index contributed by atoms with van der Waals surface area (Å²) in [5.41, 5.74) is -1.25. The van der Waals surface area contributed by atoms with Gasteiger partial charge in [-0.2, -0.15) is 0 Å². The van der Waals surface area contributed by atoms with Crippen LogP contribution in [0.3, 0.4) is 0 Å². The molecule has 0 bridgehead atoms. The molecule has 0 radical (unpaired) electrons. The van der Waals surface area contributed by atoms with Crippen LogP contribution in [0.15, 0.2) is 0 Å². The second kappa shape index (κ2) is 5.15. The maximum atomic E-state index is 11.8. The Bertz CT molecular complexity index is 248. The normalized spacial score (nSPS) is 23.2. The zero-order valence-electron chi connectivity index (χ0n) is 10.9. The van der Waals surface area contributed by atoms with Gasteiger partial charge in [0, 0.05) is 20.1 Å². The van der Waals surface area contributed by atoms with Crippen molar-refractivity contribution in [1.82, 2.24) is 9.80 Å². The van der Waals surface area contributed by atoms with Crippen molar-refractivity contribution in [3.05, 3.63) is 0 Å². The highest BCUT2D eigenvalue weighted by atomic mass is 16.3. The quantitative estimate of drug-likeness (QED) is 0.767. The molecule has 1 heterocycles. The van der Waals surface area contributed by atoms with Crippen molar-refractivity contribution < 1.29 is 9.90 Å². The van der Waals surface area contributed by atoms with Gasteiger partial charge in [0.05, 0.1) is 0 Å². The highest BCUT2D eigenvalue weighted by Crippen LogP contribution is 2.17. The summed E-state index contributed by atoms with van der Waals surface area (Å²) in [6, 6.07) is 0. The highest BCUT2D eigenvalue weighted by molar-refractivity contribution is 5.83. The van der Waals surface area contributed by atoms with E-state index in [0.717, 1.165) is 19.6 Å². The Morgan fingerprint density at radius 3 is 2.69 bits per heavy atom. The molecule has 1 amide bonds. The summed E-state index contributed by atoms with van der Waals surface area (Å²) < 4.78 is 0. The van der Waals surface area contributed by atoms with Crippen molar-refractivity contribution in [3.63, 3.8) is 0 Å². The first kappa shape index (κ1) is 13.5. The molecule has 1 saturated heterocycles. The smallest absolute Gasteiger partial charge is 0.253 e. The molecule has 94 valence electrons. The maximum Gasteiger partial charge on any atom is 0.253 e. The summed E-state index contributed by atoms with van der Waals surface area (Å²) >= 11 is 0. The molecule has 0 spiro atoms. The molecule has 1 N–H and O–H groups in total. The van der Waals surface area contributed by atoms with Crippen LogP contribution in [0.1, 0.15) is 26.7 Å². The number of nitrogens with zero attached hydrogens (tertiary/aromatic N) is 2. The average Bonchev–Trinajstić information content (AvgIpc) is 2.15. The molecule has 1 fully saturated rings. The van der Waals surface area contributed by atoms with Gasteiger partial charge in [-0.3, -0.25) is 4.79 Å². The minimum atomic E-state index is -1.25. The minimum absolute atomic E-state index is 0.194. The molecule has 1 atom stereocenters. The first-order valence-corrected chi connectivity index (χ1v) is 5.97. The molecule has 0 aromatic carbocycles. The Morgan fingerprint density at radius 2 is 2.19 bits per heavy atom. The Balaban J connectivity index is 2.44. The topological polar surface area (TPSA) is 43.8 Å². The molecule has 0 saturated carbocycles. The third kappa shape index (κ3) is 3.76. The zero-order chi connectivity index (χ0) is 12.3. The van der Waals surface area contributed by atoms with E-state index in [2.05, 4.69) is 11.9 Å². The number of piperidine rings is 1. The van der Waals surface area contributed by atoms with Crippen LogP contribution >= 0.6 is 0 Å². The van der Waals surface area contributed by atoms with Crippen LogP contribution in [-0.4, -0.2) is 60.1 Å². The molecular weight excluding hydrogens is 204 g/mol. The molecule has 4 nitrogen and oxygen atoms in total. The van der Waals surface area contributed by atoms with Crippen LogP contribution in [0.25, 0.3) is 0 Å². The van der Waals surface area contributed by atoms with Crippen molar-refractivity contribution in [3.8, 4) is 0 Å². The second-order valence-electron chi connectivity index (χ2n) is 5.52. The molecular formula is C12H24N2O2. The molecule has 0 aliphatic carbocycles. The highest BCUT2D eigenvalue weighted by Gasteiger charge is 2.29. The molecule has 0 aromatic rings. The van der Waals surface area contributed by atoms with E-state index in [9.17, 15) is 9.90 Å². The Kier molecular flexibility index (Phi) is 4.33. The number of aliphatic hydroxyl groups is 1. The molecule has 16 heavy (non-hydrogen) atoms. The lowest BCUT2D eigenvalue weighted by atomic mass is 9.97. The lowest BCUT2D eigenvalue weighted by Gasteiger charge is -2.34. The van der Waals surface area contributed by atoms with Gasteiger partial charge in [0.1, 0.15) is 5.60 Å². The van der Waals surface area contributed by atoms with E-state index in [0.29, 0.717) is 5.92 Å². The number of rotatable bonds is 3. The number of hydrogen-bond donors (Lipinski definition) is 1. The fourth-order valence-corrected chi connectivity index (χ4v) is 2.36. The fraction of sp³-hybridized carbons (Fsp3) is 0.917. The number of amides is 1.